The van der Waals surface area contributed by atoms with Crippen molar-refractivity contribution in [1.82, 2.24) is 0 Å². The monoisotopic (exact) mass is 221 g/mol. The molecule has 0 heterocycles. The Bertz CT molecular complexity index is 55.3. The average molecular weight is 221 g/mol. The van der Waals surface area contributed by atoms with E-state index in [-0.39, 0.29) is 35.6 Å². The van der Waals surface area contributed by atoms with Crippen molar-refractivity contribution in [2.45, 2.75) is 0 Å². The second-order valence-corrected chi connectivity index (χ2v) is 0.714. The molecule has 1 radical (unpaired) electrons. The molecule has 29 valence electrons. The normalized spacial score (nSPS) is 6.80. The van der Waals surface area contributed by atoms with Crippen LogP contribution in [0.15, 0.2) is 0 Å². The van der Waals surface area contributed by atoms with E-state index in [9.17, 15) is 0 Å². The van der Waals surface area contributed by atoms with Crippen molar-refractivity contribution in [2.24, 2.45) is 0 Å². The molecule has 5 heavy (non-hydrogen) atoms. The maximum Gasteiger partial charge on any atom is 0.254 e. The number of thiol groups is 1. The number of rotatable bonds is 0. The SMILES string of the molecule is O=[SH](=O)O.[La]. The van der Waals surface area contributed by atoms with Gasteiger partial charge in [0, 0.05) is 35.6 Å². The van der Waals surface area contributed by atoms with Crippen molar-refractivity contribution in [2.75, 3.05) is 0 Å². The van der Waals surface area contributed by atoms with Gasteiger partial charge in [0.25, 0.3) is 11.0 Å². The topological polar surface area (TPSA) is 54.4 Å². The van der Waals surface area contributed by atoms with Crippen LogP contribution in [-0.4, -0.2) is 13.0 Å². The molecular formula is H2LaO3S. The predicted octanol–water partition coefficient (Wildman–Crippen LogP) is -0.929. The van der Waals surface area contributed by atoms with Gasteiger partial charge in [-0.05, 0) is 0 Å². The Kier molecular flexibility index (Phi) is 9.64. The van der Waals surface area contributed by atoms with Crippen molar-refractivity contribution >= 4 is 11.0 Å². The summed E-state index contributed by atoms with van der Waals surface area (Å²) in [5.41, 5.74) is 0. The van der Waals surface area contributed by atoms with Gasteiger partial charge in [0.2, 0.25) is 0 Å². The quantitative estimate of drug-likeness (QED) is 0.410. The van der Waals surface area contributed by atoms with Gasteiger partial charge in [-0.2, -0.15) is 0 Å². The first-order valence-corrected chi connectivity index (χ1v) is 1.70. The van der Waals surface area contributed by atoms with Crippen LogP contribution in [0.25, 0.3) is 0 Å². The standard InChI is InChI=1S/La.H2O3S/c;1-4(2)3/h;4H,(H,1,2,3). The Morgan fingerprint density at radius 1 is 1.40 bits per heavy atom. The molecule has 0 amide bonds. The van der Waals surface area contributed by atoms with Gasteiger partial charge in [-0.3, -0.25) is 4.55 Å². The fraction of sp³-hybridized carbons (Fsp3) is 0. The van der Waals surface area contributed by atoms with Gasteiger partial charge in [-0.1, -0.05) is 0 Å². The first-order valence-electron chi connectivity index (χ1n) is 0.565. The molecule has 0 saturated carbocycles. The summed E-state index contributed by atoms with van der Waals surface area (Å²) < 4.78 is 24.2. The Hall–Kier alpha value is 1.10. The molecule has 3 nitrogen and oxygen atoms in total. The van der Waals surface area contributed by atoms with Gasteiger partial charge < -0.3 is 0 Å². The molecule has 0 aromatic heterocycles. The first-order chi connectivity index (χ1) is 1.73. The summed E-state index contributed by atoms with van der Waals surface area (Å²) in [7, 11) is -3.12. The van der Waals surface area contributed by atoms with E-state index in [0.717, 1.165) is 0 Å². The van der Waals surface area contributed by atoms with Crippen LogP contribution in [0.2, 0.25) is 0 Å². The maximum absolute atomic E-state index is 8.59. The summed E-state index contributed by atoms with van der Waals surface area (Å²) in [6.07, 6.45) is 0. The van der Waals surface area contributed by atoms with Gasteiger partial charge in [0.1, 0.15) is 0 Å². The van der Waals surface area contributed by atoms with Gasteiger partial charge in [-0.15, -0.1) is 0 Å². The molecule has 0 unspecified atom stereocenters. The van der Waals surface area contributed by atoms with E-state index in [1.165, 1.54) is 0 Å². The molecule has 0 rings (SSSR count). The molecule has 0 bridgehead atoms. The molecule has 0 atom stereocenters. The molecule has 0 aromatic rings. The summed E-state index contributed by atoms with van der Waals surface area (Å²) in [6, 6.07) is 0. The van der Waals surface area contributed by atoms with Gasteiger partial charge in [0.15, 0.2) is 0 Å². The predicted molar refractivity (Wildman–Crippen MR) is 12.9 cm³/mol. The minimum atomic E-state index is -3.12. The minimum Gasteiger partial charge on any atom is -0.288 e. The zero-order valence-corrected chi connectivity index (χ0v) is 6.81. The van der Waals surface area contributed by atoms with E-state index < -0.39 is 11.0 Å². The summed E-state index contributed by atoms with van der Waals surface area (Å²) in [5, 5.41) is 0. The second kappa shape index (κ2) is 5.10. The van der Waals surface area contributed by atoms with Crippen molar-refractivity contribution in [3.8, 4) is 0 Å². The van der Waals surface area contributed by atoms with Crippen molar-refractivity contribution < 1.29 is 48.6 Å². The maximum atomic E-state index is 8.59. The Balaban J connectivity index is 0. The minimum absolute atomic E-state index is 0. The van der Waals surface area contributed by atoms with Crippen LogP contribution in [0, 0.1) is 35.6 Å². The van der Waals surface area contributed by atoms with Crippen LogP contribution in [0.4, 0.5) is 0 Å². The third-order valence-electron chi connectivity index (χ3n) is 0. The van der Waals surface area contributed by atoms with Crippen LogP contribution in [0.5, 0.6) is 0 Å². The smallest absolute Gasteiger partial charge is 0.254 e. The molecule has 0 aliphatic carbocycles. The van der Waals surface area contributed by atoms with Gasteiger partial charge in [0.05, 0.1) is 0 Å². The molecule has 5 heteroatoms. The molecular weight excluding hydrogens is 219 g/mol. The summed E-state index contributed by atoms with van der Waals surface area (Å²) in [6.45, 7) is 0. The first kappa shape index (κ1) is 9.44. The largest absolute Gasteiger partial charge is 0.288 e. The fourth-order valence-corrected chi connectivity index (χ4v) is 0. The third kappa shape index (κ3) is 40.3. The fourth-order valence-electron chi connectivity index (χ4n) is 0. The van der Waals surface area contributed by atoms with E-state index >= 15 is 0 Å². The van der Waals surface area contributed by atoms with Crippen molar-refractivity contribution in [1.29, 1.82) is 0 Å². The summed E-state index contributed by atoms with van der Waals surface area (Å²) >= 11 is 0. The molecule has 0 aliphatic rings. The van der Waals surface area contributed by atoms with E-state index in [0.29, 0.717) is 0 Å². The molecule has 0 fully saturated rings. The Morgan fingerprint density at radius 2 is 1.40 bits per heavy atom. The Morgan fingerprint density at radius 3 is 1.40 bits per heavy atom. The zero-order valence-electron chi connectivity index (χ0n) is 2.29. The van der Waals surface area contributed by atoms with Crippen LogP contribution < -0.4 is 0 Å². The second-order valence-electron chi connectivity index (χ2n) is 0.238. The van der Waals surface area contributed by atoms with Crippen LogP contribution in [0.3, 0.4) is 0 Å². The van der Waals surface area contributed by atoms with E-state index in [4.69, 9.17) is 13.0 Å². The van der Waals surface area contributed by atoms with Crippen molar-refractivity contribution in [3.05, 3.63) is 0 Å². The van der Waals surface area contributed by atoms with Gasteiger partial charge in [-0.25, -0.2) is 8.42 Å². The Labute approximate surface area is 59.1 Å². The molecule has 1 N–H and O–H groups in total. The molecule has 0 spiro atoms. The number of hydrogen-bond donors (Lipinski definition) is 2. The van der Waals surface area contributed by atoms with E-state index in [1.54, 1.807) is 0 Å². The molecule has 0 aromatic carbocycles. The third-order valence-corrected chi connectivity index (χ3v) is 0. The van der Waals surface area contributed by atoms with Crippen LogP contribution >= 0.6 is 0 Å². The van der Waals surface area contributed by atoms with Crippen molar-refractivity contribution in [3.63, 3.8) is 0 Å². The number of hydrogen-bond acceptors (Lipinski definition) is 2. The van der Waals surface area contributed by atoms with E-state index in [2.05, 4.69) is 0 Å². The summed E-state index contributed by atoms with van der Waals surface area (Å²) in [5.74, 6) is 0. The van der Waals surface area contributed by atoms with Crippen LogP contribution in [0.1, 0.15) is 0 Å². The van der Waals surface area contributed by atoms with Crippen LogP contribution in [-0.2, 0) is 11.0 Å². The van der Waals surface area contributed by atoms with Gasteiger partial charge >= 0.3 is 0 Å². The zero-order chi connectivity index (χ0) is 3.58. The average Bonchev–Trinajstić information content (AvgIpc) is 0.811. The molecule has 0 saturated heterocycles. The molecule has 0 aliphatic heterocycles. The summed E-state index contributed by atoms with van der Waals surface area (Å²) in [4.78, 5) is 0. The van der Waals surface area contributed by atoms with E-state index in [1.807, 2.05) is 0 Å².